The van der Waals surface area contributed by atoms with Gasteiger partial charge in [0, 0.05) is 0 Å². The number of aromatic nitrogens is 3. The molecule has 1 aromatic rings. The SMILES string of the molecule is CC(C(N=O)C(C)(C)C)n1cncn1. The van der Waals surface area contributed by atoms with Crippen LogP contribution >= 0.6 is 0 Å². The van der Waals surface area contributed by atoms with Gasteiger partial charge in [-0.25, -0.2) is 9.67 Å². The fraction of sp³-hybridized carbons (Fsp3) is 0.778. The summed E-state index contributed by atoms with van der Waals surface area (Å²) in [6.45, 7) is 7.90. The first-order chi connectivity index (χ1) is 6.46. The van der Waals surface area contributed by atoms with Gasteiger partial charge in [0.15, 0.2) is 0 Å². The predicted octanol–water partition coefficient (Wildman–Crippen LogP) is 2.02. The van der Waals surface area contributed by atoms with Gasteiger partial charge in [-0.15, -0.1) is 0 Å². The number of rotatable bonds is 3. The highest BCUT2D eigenvalue weighted by atomic mass is 16.3. The van der Waals surface area contributed by atoms with Gasteiger partial charge in [-0.3, -0.25) is 0 Å². The Morgan fingerprint density at radius 1 is 1.43 bits per heavy atom. The van der Waals surface area contributed by atoms with Crippen molar-refractivity contribution in [3.05, 3.63) is 17.6 Å². The second kappa shape index (κ2) is 3.86. The second-order valence-corrected chi connectivity index (χ2v) is 4.53. The van der Waals surface area contributed by atoms with Crippen LogP contribution < -0.4 is 0 Å². The van der Waals surface area contributed by atoms with Gasteiger partial charge in [-0.2, -0.15) is 10.0 Å². The largest absolute Gasteiger partial charge is 0.248 e. The highest BCUT2D eigenvalue weighted by Gasteiger charge is 2.32. The minimum absolute atomic E-state index is 0.0602. The van der Waals surface area contributed by atoms with Gasteiger partial charge in [0.25, 0.3) is 0 Å². The van der Waals surface area contributed by atoms with Gasteiger partial charge in [-0.1, -0.05) is 25.9 Å². The van der Waals surface area contributed by atoms with Gasteiger partial charge >= 0.3 is 0 Å². The van der Waals surface area contributed by atoms with Crippen molar-refractivity contribution in [2.24, 2.45) is 10.6 Å². The first-order valence-electron chi connectivity index (χ1n) is 4.63. The van der Waals surface area contributed by atoms with Crippen molar-refractivity contribution in [2.75, 3.05) is 0 Å². The van der Waals surface area contributed by atoms with E-state index in [0.29, 0.717) is 0 Å². The van der Waals surface area contributed by atoms with E-state index in [4.69, 9.17) is 0 Å². The Morgan fingerprint density at radius 2 is 2.07 bits per heavy atom. The smallest absolute Gasteiger partial charge is 0.137 e. The van der Waals surface area contributed by atoms with Gasteiger partial charge in [0.1, 0.15) is 18.7 Å². The summed E-state index contributed by atoms with van der Waals surface area (Å²) in [5.74, 6) is 0. The molecule has 5 heteroatoms. The molecule has 5 nitrogen and oxygen atoms in total. The molecule has 0 aliphatic carbocycles. The maximum atomic E-state index is 10.8. The molecule has 1 aromatic heterocycles. The van der Waals surface area contributed by atoms with E-state index in [-0.39, 0.29) is 17.5 Å². The van der Waals surface area contributed by atoms with Crippen LogP contribution in [0.1, 0.15) is 33.7 Å². The summed E-state index contributed by atoms with van der Waals surface area (Å²) in [5, 5.41) is 7.18. The monoisotopic (exact) mass is 196 g/mol. The zero-order chi connectivity index (χ0) is 10.8. The van der Waals surface area contributed by atoms with Gasteiger partial charge in [0.05, 0.1) is 6.04 Å². The molecule has 0 aliphatic rings. The van der Waals surface area contributed by atoms with Crippen LogP contribution in [-0.2, 0) is 0 Å². The summed E-state index contributed by atoms with van der Waals surface area (Å²) in [6, 6.07) is -0.362. The van der Waals surface area contributed by atoms with Crippen molar-refractivity contribution in [1.29, 1.82) is 0 Å². The Morgan fingerprint density at radius 3 is 2.43 bits per heavy atom. The number of hydrogen-bond donors (Lipinski definition) is 0. The fourth-order valence-electron chi connectivity index (χ4n) is 1.54. The molecule has 0 aromatic carbocycles. The Hall–Kier alpha value is -1.26. The van der Waals surface area contributed by atoms with E-state index < -0.39 is 0 Å². The number of hydrogen-bond acceptors (Lipinski definition) is 4. The van der Waals surface area contributed by atoms with Crippen molar-refractivity contribution in [3.8, 4) is 0 Å². The molecule has 78 valence electrons. The molecule has 1 rings (SSSR count). The van der Waals surface area contributed by atoms with E-state index in [1.54, 1.807) is 11.0 Å². The van der Waals surface area contributed by atoms with E-state index in [0.717, 1.165) is 0 Å². The quantitative estimate of drug-likeness (QED) is 0.695. The third-order valence-electron chi connectivity index (χ3n) is 2.31. The van der Waals surface area contributed by atoms with E-state index in [1.165, 1.54) is 6.33 Å². The lowest BCUT2D eigenvalue weighted by Crippen LogP contribution is -2.32. The minimum atomic E-state index is -0.302. The van der Waals surface area contributed by atoms with Crippen LogP contribution in [0.4, 0.5) is 0 Å². The fourth-order valence-corrected chi connectivity index (χ4v) is 1.54. The summed E-state index contributed by atoms with van der Waals surface area (Å²) in [6.07, 6.45) is 3.07. The van der Waals surface area contributed by atoms with E-state index in [1.807, 2.05) is 27.7 Å². The van der Waals surface area contributed by atoms with Crippen molar-refractivity contribution in [2.45, 2.75) is 39.8 Å². The zero-order valence-electron chi connectivity index (χ0n) is 9.01. The number of nitrogens with zero attached hydrogens (tertiary/aromatic N) is 4. The molecule has 0 amide bonds. The maximum absolute atomic E-state index is 10.8. The Bertz CT molecular complexity index is 288. The van der Waals surface area contributed by atoms with Crippen molar-refractivity contribution in [3.63, 3.8) is 0 Å². The molecule has 1 heterocycles. The molecule has 0 saturated carbocycles. The van der Waals surface area contributed by atoms with Crippen LogP contribution in [0.5, 0.6) is 0 Å². The summed E-state index contributed by atoms with van der Waals surface area (Å²) in [7, 11) is 0. The molecule has 0 saturated heterocycles. The summed E-state index contributed by atoms with van der Waals surface area (Å²) in [4.78, 5) is 14.6. The standard InChI is InChI=1S/C9H16N4O/c1-7(13-6-10-5-11-13)8(12-14)9(2,3)4/h5-8H,1-4H3. The van der Waals surface area contributed by atoms with Crippen LogP contribution in [0.2, 0.25) is 0 Å². The van der Waals surface area contributed by atoms with Crippen molar-refractivity contribution >= 4 is 0 Å². The normalized spacial score (nSPS) is 16.3. The molecule has 0 fully saturated rings. The van der Waals surface area contributed by atoms with E-state index in [9.17, 15) is 4.91 Å². The van der Waals surface area contributed by atoms with Crippen LogP contribution in [0.3, 0.4) is 0 Å². The summed E-state index contributed by atoms with van der Waals surface area (Å²) < 4.78 is 1.66. The molecule has 0 N–H and O–H groups in total. The van der Waals surface area contributed by atoms with Crippen LogP contribution in [-0.4, -0.2) is 20.8 Å². The molecule has 14 heavy (non-hydrogen) atoms. The zero-order valence-corrected chi connectivity index (χ0v) is 9.01. The lowest BCUT2D eigenvalue weighted by atomic mass is 9.83. The first kappa shape index (κ1) is 10.8. The highest BCUT2D eigenvalue weighted by molar-refractivity contribution is 4.87. The lowest BCUT2D eigenvalue weighted by molar-refractivity contribution is 0.238. The van der Waals surface area contributed by atoms with E-state index in [2.05, 4.69) is 15.3 Å². The number of nitroso groups, excluding NO2 is 1. The molecular formula is C9H16N4O. The van der Waals surface area contributed by atoms with Crippen LogP contribution in [0.25, 0.3) is 0 Å². The lowest BCUT2D eigenvalue weighted by Gasteiger charge is -2.29. The minimum Gasteiger partial charge on any atom is -0.248 e. The molecule has 0 aliphatic heterocycles. The van der Waals surface area contributed by atoms with Crippen molar-refractivity contribution in [1.82, 2.24) is 14.8 Å². The Kier molecular flexibility index (Phi) is 2.98. The highest BCUT2D eigenvalue weighted by Crippen LogP contribution is 2.30. The van der Waals surface area contributed by atoms with Gasteiger partial charge < -0.3 is 0 Å². The Balaban J connectivity index is 2.86. The summed E-state index contributed by atoms with van der Waals surface area (Å²) in [5.41, 5.74) is -0.160. The maximum Gasteiger partial charge on any atom is 0.137 e. The third kappa shape index (κ3) is 2.16. The topological polar surface area (TPSA) is 60.1 Å². The Labute approximate surface area is 83.5 Å². The van der Waals surface area contributed by atoms with Crippen molar-refractivity contribution < 1.29 is 0 Å². The van der Waals surface area contributed by atoms with Crippen LogP contribution in [0.15, 0.2) is 17.8 Å². The van der Waals surface area contributed by atoms with Crippen LogP contribution in [0, 0.1) is 10.3 Å². The average Bonchev–Trinajstić information content (AvgIpc) is 2.53. The molecule has 2 unspecified atom stereocenters. The van der Waals surface area contributed by atoms with Gasteiger partial charge in [0.2, 0.25) is 0 Å². The first-order valence-corrected chi connectivity index (χ1v) is 4.63. The summed E-state index contributed by atoms with van der Waals surface area (Å²) >= 11 is 0. The second-order valence-electron chi connectivity index (χ2n) is 4.53. The molecular weight excluding hydrogens is 180 g/mol. The van der Waals surface area contributed by atoms with E-state index >= 15 is 0 Å². The average molecular weight is 196 g/mol. The third-order valence-corrected chi connectivity index (χ3v) is 2.31. The molecule has 2 atom stereocenters. The van der Waals surface area contributed by atoms with Gasteiger partial charge in [-0.05, 0) is 12.3 Å². The molecule has 0 spiro atoms. The predicted molar refractivity (Wildman–Crippen MR) is 53.8 cm³/mol. The molecule has 0 radical (unpaired) electrons. The molecule has 0 bridgehead atoms.